The van der Waals surface area contributed by atoms with Gasteiger partial charge in [0, 0.05) is 13.1 Å². The van der Waals surface area contributed by atoms with Crippen molar-refractivity contribution >= 4 is 11.3 Å². The van der Waals surface area contributed by atoms with Crippen molar-refractivity contribution in [3.8, 4) is 5.75 Å². The van der Waals surface area contributed by atoms with E-state index in [1.165, 1.54) is 11.1 Å². The summed E-state index contributed by atoms with van der Waals surface area (Å²) >= 11 is 1.74. The number of hydrogen-bond donors (Lipinski definition) is 1. The Hall–Kier alpha value is -1.32. The van der Waals surface area contributed by atoms with Gasteiger partial charge in [-0.15, -0.1) is 0 Å². The summed E-state index contributed by atoms with van der Waals surface area (Å²) in [6.45, 7) is 4.53. The molecule has 0 saturated heterocycles. The summed E-state index contributed by atoms with van der Waals surface area (Å²) in [5.41, 5.74) is 2.63. The molecule has 0 radical (unpaired) electrons. The van der Waals surface area contributed by atoms with Crippen LogP contribution in [0.4, 0.5) is 0 Å². The van der Waals surface area contributed by atoms with E-state index in [0.717, 1.165) is 25.4 Å². The van der Waals surface area contributed by atoms with E-state index in [9.17, 15) is 0 Å². The molecule has 0 amide bonds. The second-order valence-corrected chi connectivity index (χ2v) is 4.59. The molecule has 90 valence electrons. The first-order valence-electron chi connectivity index (χ1n) is 5.82. The first kappa shape index (κ1) is 12.1. The summed E-state index contributed by atoms with van der Waals surface area (Å²) in [5.74, 6) is 0.939. The summed E-state index contributed by atoms with van der Waals surface area (Å²) in [7, 11) is 0. The van der Waals surface area contributed by atoms with Crippen molar-refractivity contribution in [2.75, 3.05) is 6.61 Å². The first-order chi connectivity index (χ1) is 8.38. The van der Waals surface area contributed by atoms with Crippen LogP contribution in [0.2, 0.25) is 0 Å². The summed E-state index contributed by atoms with van der Waals surface area (Å²) in [4.78, 5) is 0. The highest BCUT2D eigenvalue weighted by atomic mass is 32.1. The van der Waals surface area contributed by atoms with Crippen LogP contribution < -0.4 is 10.1 Å². The Bertz CT molecular complexity index is 422. The van der Waals surface area contributed by atoms with Crippen molar-refractivity contribution in [2.45, 2.75) is 20.0 Å². The predicted molar refractivity (Wildman–Crippen MR) is 72.5 cm³/mol. The molecular weight excluding hydrogens is 230 g/mol. The van der Waals surface area contributed by atoms with E-state index in [4.69, 9.17) is 4.74 Å². The van der Waals surface area contributed by atoms with E-state index in [-0.39, 0.29) is 0 Å². The van der Waals surface area contributed by atoms with E-state index in [0.29, 0.717) is 0 Å². The second-order valence-electron chi connectivity index (χ2n) is 3.81. The van der Waals surface area contributed by atoms with Gasteiger partial charge in [-0.25, -0.2) is 0 Å². The third-order valence-corrected chi connectivity index (χ3v) is 3.20. The Morgan fingerprint density at radius 2 is 1.82 bits per heavy atom. The highest BCUT2D eigenvalue weighted by Crippen LogP contribution is 2.12. The molecule has 1 aromatic carbocycles. The van der Waals surface area contributed by atoms with E-state index in [1.54, 1.807) is 11.3 Å². The van der Waals surface area contributed by atoms with Crippen molar-refractivity contribution in [1.82, 2.24) is 5.32 Å². The van der Waals surface area contributed by atoms with Crippen LogP contribution in [0.15, 0.2) is 41.1 Å². The monoisotopic (exact) mass is 247 g/mol. The molecular formula is C14H17NOS. The van der Waals surface area contributed by atoms with Crippen molar-refractivity contribution in [3.05, 3.63) is 52.2 Å². The van der Waals surface area contributed by atoms with Gasteiger partial charge in [0.15, 0.2) is 0 Å². The maximum absolute atomic E-state index is 5.41. The Kier molecular flexibility index (Phi) is 4.59. The summed E-state index contributed by atoms with van der Waals surface area (Å²) < 4.78 is 5.41. The van der Waals surface area contributed by atoms with Crippen molar-refractivity contribution in [2.24, 2.45) is 0 Å². The Labute approximate surface area is 106 Å². The average Bonchev–Trinajstić information content (AvgIpc) is 2.85. The average molecular weight is 247 g/mol. The van der Waals surface area contributed by atoms with Crippen molar-refractivity contribution < 1.29 is 4.74 Å². The van der Waals surface area contributed by atoms with Gasteiger partial charge in [-0.3, -0.25) is 0 Å². The Balaban J connectivity index is 1.79. The molecule has 3 heteroatoms. The Morgan fingerprint density at radius 3 is 2.47 bits per heavy atom. The van der Waals surface area contributed by atoms with Crippen LogP contribution in [0.1, 0.15) is 18.1 Å². The number of ether oxygens (including phenoxy) is 1. The normalized spacial score (nSPS) is 10.4. The molecule has 0 aliphatic carbocycles. The third kappa shape index (κ3) is 3.88. The van der Waals surface area contributed by atoms with Crippen molar-refractivity contribution in [1.29, 1.82) is 0 Å². The molecule has 2 rings (SSSR count). The summed E-state index contributed by atoms with van der Waals surface area (Å²) in [6, 6.07) is 10.4. The minimum Gasteiger partial charge on any atom is -0.494 e. The lowest BCUT2D eigenvalue weighted by molar-refractivity contribution is 0.340. The number of nitrogens with one attached hydrogen (secondary N) is 1. The molecule has 0 spiro atoms. The zero-order valence-electron chi connectivity index (χ0n) is 9.98. The van der Waals surface area contributed by atoms with E-state index < -0.39 is 0 Å². The predicted octanol–water partition coefficient (Wildman–Crippen LogP) is 3.44. The minimum absolute atomic E-state index is 0.718. The maximum Gasteiger partial charge on any atom is 0.119 e. The highest BCUT2D eigenvalue weighted by molar-refractivity contribution is 7.07. The molecule has 0 fully saturated rings. The van der Waals surface area contributed by atoms with Gasteiger partial charge in [-0.05, 0) is 47.0 Å². The molecule has 1 N–H and O–H groups in total. The molecule has 0 aliphatic rings. The fraction of sp³-hybridized carbons (Fsp3) is 0.286. The van der Waals surface area contributed by atoms with Gasteiger partial charge in [-0.2, -0.15) is 11.3 Å². The fourth-order valence-corrected chi connectivity index (χ4v) is 2.28. The number of hydrogen-bond acceptors (Lipinski definition) is 3. The number of rotatable bonds is 6. The first-order valence-corrected chi connectivity index (χ1v) is 6.76. The number of benzene rings is 1. The summed E-state index contributed by atoms with van der Waals surface area (Å²) in [5, 5.41) is 7.70. The van der Waals surface area contributed by atoms with Crippen LogP contribution in [0.25, 0.3) is 0 Å². The van der Waals surface area contributed by atoms with Gasteiger partial charge < -0.3 is 10.1 Å². The lowest BCUT2D eigenvalue weighted by atomic mass is 10.2. The quantitative estimate of drug-likeness (QED) is 0.844. The molecule has 0 saturated carbocycles. The summed E-state index contributed by atoms with van der Waals surface area (Å²) in [6.07, 6.45) is 0. The lowest BCUT2D eigenvalue weighted by Crippen LogP contribution is -2.11. The number of thiophene rings is 1. The van der Waals surface area contributed by atoms with Gasteiger partial charge in [0.2, 0.25) is 0 Å². The maximum atomic E-state index is 5.41. The molecule has 2 aromatic rings. The van der Waals surface area contributed by atoms with E-state index in [1.807, 2.05) is 19.1 Å². The van der Waals surface area contributed by atoms with Crippen LogP contribution in [-0.2, 0) is 13.1 Å². The van der Waals surface area contributed by atoms with Crippen LogP contribution >= 0.6 is 11.3 Å². The molecule has 1 aromatic heterocycles. The van der Waals surface area contributed by atoms with Gasteiger partial charge in [0.25, 0.3) is 0 Å². The largest absolute Gasteiger partial charge is 0.494 e. The molecule has 1 heterocycles. The smallest absolute Gasteiger partial charge is 0.119 e. The third-order valence-electron chi connectivity index (χ3n) is 2.47. The zero-order chi connectivity index (χ0) is 11.9. The van der Waals surface area contributed by atoms with Crippen LogP contribution in [-0.4, -0.2) is 6.61 Å². The SMILES string of the molecule is CCOc1ccc(CNCc2ccsc2)cc1. The molecule has 0 atom stereocenters. The fourth-order valence-electron chi connectivity index (χ4n) is 1.61. The van der Waals surface area contributed by atoms with Gasteiger partial charge in [0.05, 0.1) is 6.61 Å². The molecule has 0 bridgehead atoms. The minimum atomic E-state index is 0.718. The topological polar surface area (TPSA) is 21.3 Å². The lowest BCUT2D eigenvalue weighted by Gasteiger charge is -2.06. The van der Waals surface area contributed by atoms with Crippen LogP contribution in [0.3, 0.4) is 0 Å². The van der Waals surface area contributed by atoms with Crippen LogP contribution in [0.5, 0.6) is 5.75 Å². The molecule has 0 unspecified atom stereocenters. The van der Waals surface area contributed by atoms with Crippen molar-refractivity contribution in [3.63, 3.8) is 0 Å². The van der Waals surface area contributed by atoms with Crippen LogP contribution in [0, 0.1) is 0 Å². The zero-order valence-corrected chi connectivity index (χ0v) is 10.8. The van der Waals surface area contributed by atoms with Gasteiger partial charge >= 0.3 is 0 Å². The van der Waals surface area contributed by atoms with Gasteiger partial charge in [-0.1, -0.05) is 12.1 Å². The van der Waals surface area contributed by atoms with E-state index in [2.05, 4.69) is 34.3 Å². The highest BCUT2D eigenvalue weighted by Gasteiger charge is 1.96. The van der Waals surface area contributed by atoms with Gasteiger partial charge in [0.1, 0.15) is 5.75 Å². The molecule has 0 aliphatic heterocycles. The molecule has 2 nitrogen and oxygen atoms in total. The standard InChI is InChI=1S/C14H17NOS/c1-2-16-14-5-3-12(4-6-14)9-15-10-13-7-8-17-11-13/h3-8,11,15H,2,9-10H2,1H3. The van der Waals surface area contributed by atoms with E-state index >= 15 is 0 Å². The molecule has 17 heavy (non-hydrogen) atoms. The second kappa shape index (κ2) is 6.42. The Morgan fingerprint density at radius 1 is 1.06 bits per heavy atom.